The van der Waals surface area contributed by atoms with Gasteiger partial charge in [0.05, 0.1) is 0 Å². The van der Waals surface area contributed by atoms with Gasteiger partial charge in [0.15, 0.2) is 11.9 Å². The lowest BCUT2D eigenvalue weighted by atomic mass is 10.2. The van der Waals surface area contributed by atoms with E-state index in [2.05, 4.69) is 10.6 Å². The maximum absolute atomic E-state index is 7.12. The minimum atomic E-state index is -0.0585. The molecule has 0 saturated heterocycles. The van der Waals surface area contributed by atoms with Crippen molar-refractivity contribution in [2.24, 2.45) is 11.5 Å². The number of rotatable bonds is 8. The minimum Gasteiger partial charge on any atom is -0.458 e. The molecule has 0 atom stereocenters. The van der Waals surface area contributed by atoms with Crippen LogP contribution in [0.3, 0.4) is 0 Å². The van der Waals surface area contributed by atoms with Gasteiger partial charge < -0.3 is 31.6 Å². The van der Waals surface area contributed by atoms with Crippen LogP contribution in [0.15, 0.2) is 48.5 Å². The number of hydrogen-bond donors (Lipinski definition) is 6. The molecule has 8 nitrogen and oxygen atoms in total. The van der Waals surface area contributed by atoms with Crippen molar-refractivity contribution in [1.82, 2.24) is 10.6 Å². The molecule has 0 aliphatic heterocycles. The zero-order chi connectivity index (χ0) is 18.1. The van der Waals surface area contributed by atoms with E-state index < -0.39 is 0 Å². The average Bonchev–Trinajstić information content (AvgIpc) is 2.60. The lowest BCUT2D eigenvalue weighted by molar-refractivity contribution is 0.120. The van der Waals surface area contributed by atoms with Gasteiger partial charge in [0.25, 0.3) is 0 Å². The Hall–Kier alpha value is -3.42. The molecule has 0 aromatic heterocycles. The van der Waals surface area contributed by atoms with Crippen molar-refractivity contribution >= 4 is 11.9 Å². The van der Waals surface area contributed by atoms with Gasteiger partial charge in [0.2, 0.25) is 6.79 Å². The molecule has 25 heavy (non-hydrogen) atoms. The first kappa shape index (κ1) is 17.9. The van der Waals surface area contributed by atoms with Crippen molar-refractivity contribution in [3.05, 3.63) is 59.7 Å². The first-order chi connectivity index (χ1) is 12.0. The van der Waals surface area contributed by atoms with Crippen LogP contribution < -0.4 is 31.6 Å². The Kier molecular flexibility index (Phi) is 6.47. The highest BCUT2D eigenvalue weighted by atomic mass is 16.7. The predicted octanol–water partition coefficient (Wildman–Crippen LogP) is 1.07. The van der Waals surface area contributed by atoms with E-state index in [1.54, 1.807) is 0 Å². The van der Waals surface area contributed by atoms with E-state index >= 15 is 0 Å². The predicted molar refractivity (Wildman–Crippen MR) is 96.5 cm³/mol. The Balaban J connectivity index is 1.74. The molecule has 2 aromatic rings. The monoisotopic (exact) mass is 342 g/mol. The van der Waals surface area contributed by atoms with Crippen LogP contribution in [0.2, 0.25) is 0 Å². The van der Waals surface area contributed by atoms with Gasteiger partial charge in [-0.3, -0.25) is 10.8 Å². The Morgan fingerprint density at radius 3 is 1.40 bits per heavy atom. The van der Waals surface area contributed by atoms with Gasteiger partial charge in [0, 0.05) is 13.1 Å². The molecule has 2 rings (SSSR count). The molecule has 0 bridgehead atoms. The minimum absolute atomic E-state index is 0.0585. The molecule has 0 aliphatic rings. The number of hydrogen-bond acceptors (Lipinski definition) is 4. The number of nitrogens with one attached hydrogen (secondary N) is 4. The summed E-state index contributed by atoms with van der Waals surface area (Å²) in [6.45, 7) is 1.09. The van der Waals surface area contributed by atoms with Gasteiger partial charge in [-0.2, -0.15) is 0 Å². The van der Waals surface area contributed by atoms with E-state index in [-0.39, 0.29) is 18.7 Å². The third-order valence-electron chi connectivity index (χ3n) is 3.26. The van der Waals surface area contributed by atoms with Crippen molar-refractivity contribution in [2.75, 3.05) is 6.79 Å². The van der Waals surface area contributed by atoms with Crippen LogP contribution in [0.5, 0.6) is 11.5 Å². The van der Waals surface area contributed by atoms with Gasteiger partial charge in [-0.15, -0.1) is 0 Å². The molecule has 8 heteroatoms. The van der Waals surface area contributed by atoms with Crippen LogP contribution in [-0.2, 0) is 13.1 Å². The van der Waals surface area contributed by atoms with Crippen LogP contribution >= 0.6 is 0 Å². The fraction of sp³-hybridized carbons (Fsp3) is 0.176. The standard InChI is InChI=1S/C17H22N6O2/c18-16(19)22-9-12-1-5-14(6-2-12)24-11-25-15-7-3-13(4-8-15)10-23-17(20)21/h1-8H,9-11H2,(H4,18,19,22)(H4,20,21,23). The van der Waals surface area contributed by atoms with Crippen molar-refractivity contribution in [3.63, 3.8) is 0 Å². The summed E-state index contributed by atoms with van der Waals surface area (Å²) in [5.74, 6) is 1.26. The molecule has 132 valence electrons. The van der Waals surface area contributed by atoms with Crippen LogP contribution in [-0.4, -0.2) is 18.7 Å². The Morgan fingerprint density at radius 1 is 0.720 bits per heavy atom. The second-order valence-corrected chi connectivity index (χ2v) is 5.23. The van der Waals surface area contributed by atoms with Gasteiger partial charge in [-0.1, -0.05) is 24.3 Å². The van der Waals surface area contributed by atoms with Crippen LogP contribution in [0.4, 0.5) is 0 Å². The van der Waals surface area contributed by atoms with E-state index in [1.807, 2.05) is 48.5 Å². The highest BCUT2D eigenvalue weighted by molar-refractivity contribution is 5.74. The van der Waals surface area contributed by atoms with E-state index in [4.69, 9.17) is 31.8 Å². The van der Waals surface area contributed by atoms with Crippen LogP contribution in [0.25, 0.3) is 0 Å². The third-order valence-corrected chi connectivity index (χ3v) is 3.26. The van der Waals surface area contributed by atoms with Crippen LogP contribution in [0.1, 0.15) is 11.1 Å². The largest absolute Gasteiger partial charge is 0.458 e. The molecule has 0 radical (unpaired) electrons. The molecule has 0 fully saturated rings. The second-order valence-electron chi connectivity index (χ2n) is 5.23. The molecule has 0 aliphatic carbocycles. The summed E-state index contributed by atoms with van der Waals surface area (Å²) in [6, 6.07) is 14.9. The SMILES string of the molecule is N=C(N)NCc1ccc(OCOc2ccc(CNC(=N)N)cc2)cc1. The molecule has 2 aromatic carbocycles. The number of ether oxygens (including phenoxy) is 2. The zero-order valence-electron chi connectivity index (χ0n) is 13.7. The molecular weight excluding hydrogens is 320 g/mol. The summed E-state index contributed by atoms with van der Waals surface area (Å²) in [5.41, 5.74) is 12.5. The van der Waals surface area contributed by atoms with Crippen LogP contribution in [0, 0.1) is 10.8 Å². The topological polar surface area (TPSA) is 142 Å². The van der Waals surface area contributed by atoms with Gasteiger partial charge in [0.1, 0.15) is 11.5 Å². The van der Waals surface area contributed by atoms with Crippen molar-refractivity contribution in [1.29, 1.82) is 10.8 Å². The Bertz CT molecular complexity index is 639. The normalized spacial score (nSPS) is 9.92. The van der Waals surface area contributed by atoms with E-state index in [1.165, 1.54) is 0 Å². The summed E-state index contributed by atoms with van der Waals surface area (Å²) >= 11 is 0. The second kappa shape index (κ2) is 9.02. The molecular formula is C17H22N6O2. The average molecular weight is 342 g/mol. The van der Waals surface area contributed by atoms with E-state index in [9.17, 15) is 0 Å². The summed E-state index contributed by atoms with van der Waals surface area (Å²) in [6.07, 6.45) is 0. The quantitative estimate of drug-likeness (QED) is 0.241. The maximum Gasteiger partial charge on any atom is 0.230 e. The highest BCUT2D eigenvalue weighted by Crippen LogP contribution is 2.15. The summed E-state index contributed by atoms with van der Waals surface area (Å²) in [5, 5.41) is 19.7. The van der Waals surface area contributed by atoms with Crippen molar-refractivity contribution in [2.45, 2.75) is 13.1 Å². The fourth-order valence-corrected chi connectivity index (χ4v) is 1.97. The van der Waals surface area contributed by atoms with Gasteiger partial charge in [-0.25, -0.2) is 0 Å². The molecule has 0 amide bonds. The Labute approximate surface area is 146 Å². The molecule has 8 N–H and O–H groups in total. The third kappa shape index (κ3) is 6.69. The molecule has 0 heterocycles. The summed E-state index contributed by atoms with van der Waals surface area (Å²) in [4.78, 5) is 0. The fourth-order valence-electron chi connectivity index (χ4n) is 1.97. The molecule has 0 saturated carbocycles. The summed E-state index contributed by atoms with van der Waals surface area (Å²) in [7, 11) is 0. The first-order valence-corrected chi connectivity index (χ1v) is 7.62. The Morgan fingerprint density at radius 2 is 1.08 bits per heavy atom. The highest BCUT2D eigenvalue weighted by Gasteiger charge is 1.99. The smallest absolute Gasteiger partial charge is 0.230 e. The number of benzene rings is 2. The van der Waals surface area contributed by atoms with Crippen molar-refractivity contribution in [3.8, 4) is 11.5 Å². The molecule has 0 unspecified atom stereocenters. The lowest BCUT2D eigenvalue weighted by Gasteiger charge is -2.10. The van der Waals surface area contributed by atoms with Crippen molar-refractivity contribution < 1.29 is 9.47 Å². The van der Waals surface area contributed by atoms with Gasteiger partial charge >= 0.3 is 0 Å². The molecule has 0 spiro atoms. The zero-order valence-corrected chi connectivity index (χ0v) is 13.7. The van der Waals surface area contributed by atoms with E-state index in [0.717, 1.165) is 11.1 Å². The maximum atomic E-state index is 7.12. The summed E-state index contributed by atoms with van der Waals surface area (Å²) < 4.78 is 11.1. The number of guanidine groups is 2. The first-order valence-electron chi connectivity index (χ1n) is 7.62. The number of nitrogens with two attached hydrogens (primary N) is 2. The lowest BCUT2D eigenvalue weighted by Crippen LogP contribution is -2.29. The van der Waals surface area contributed by atoms with Gasteiger partial charge in [-0.05, 0) is 35.4 Å². The van der Waals surface area contributed by atoms with E-state index in [0.29, 0.717) is 24.6 Å².